The van der Waals surface area contributed by atoms with E-state index in [2.05, 4.69) is 268 Å². The first-order chi connectivity index (χ1) is 34.5. The molecule has 0 spiro atoms. The Morgan fingerprint density at radius 2 is 0.732 bits per heavy atom. The second-order valence-electron chi connectivity index (χ2n) is 21.7. The third-order valence-corrected chi connectivity index (χ3v) is 23.9. The maximum atomic E-state index is 2.55. The zero-order valence-electron chi connectivity index (χ0n) is 41.2. The van der Waals surface area contributed by atoms with Crippen molar-refractivity contribution in [2.24, 2.45) is 0 Å². The number of benzene rings is 11. The van der Waals surface area contributed by atoms with E-state index in [9.17, 15) is 0 Å². The molecule has 2 aliphatic heterocycles. The van der Waals surface area contributed by atoms with Crippen LogP contribution in [0.3, 0.4) is 0 Å². The predicted octanol–water partition coefficient (Wildman–Crippen LogP) is 16.0. The smallest absolute Gasteiger partial charge is 0.117 e. The SMILES string of the molecule is CC1(C)c2ccccc2-c2ccc(-c3c4ccc(N5c6ccccc6[Si](C)(C)c6ccccc65)cc4c(-c4ccc5ccccc5c4)c4ccc(N5c6ccccc6[Si](C)(C)c6ccccc65)cc34)cc21. The molecule has 2 heterocycles. The molecule has 4 heteroatoms. The Balaban J connectivity index is 1.10. The molecule has 0 bridgehead atoms. The first kappa shape index (κ1) is 42.1. The van der Waals surface area contributed by atoms with Crippen molar-refractivity contribution in [1.29, 1.82) is 0 Å². The summed E-state index contributed by atoms with van der Waals surface area (Å²) in [7, 11) is -4.00. The maximum absolute atomic E-state index is 2.55. The van der Waals surface area contributed by atoms with Crippen LogP contribution in [0, 0.1) is 0 Å². The van der Waals surface area contributed by atoms with E-state index in [4.69, 9.17) is 0 Å². The molecule has 0 fully saturated rings. The highest BCUT2D eigenvalue weighted by Crippen LogP contribution is 2.53. The molecule has 11 aromatic carbocycles. The van der Waals surface area contributed by atoms with Crippen LogP contribution in [0.25, 0.3) is 65.7 Å². The van der Waals surface area contributed by atoms with Crippen molar-refractivity contribution < 1.29 is 0 Å². The van der Waals surface area contributed by atoms with Gasteiger partial charge in [0.1, 0.15) is 16.1 Å². The molecule has 0 atom stereocenters. The van der Waals surface area contributed by atoms with E-state index in [1.54, 1.807) is 0 Å². The number of nitrogens with zero attached hydrogens (tertiary/aromatic N) is 2. The predicted molar refractivity (Wildman–Crippen MR) is 310 cm³/mol. The Kier molecular flexibility index (Phi) is 8.97. The minimum Gasteiger partial charge on any atom is -0.311 e. The van der Waals surface area contributed by atoms with Crippen molar-refractivity contribution >= 4 is 103 Å². The molecule has 0 aromatic heterocycles. The van der Waals surface area contributed by atoms with Crippen LogP contribution in [-0.2, 0) is 5.41 Å². The molecule has 11 aromatic rings. The fourth-order valence-electron chi connectivity index (χ4n) is 13.2. The van der Waals surface area contributed by atoms with Crippen molar-refractivity contribution in [2.45, 2.75) is 45.5 Å². The highest BCUT2D eigenvalue weighted by atomic mass is 28.3. The van der Waals surface area contributed by atoms with Gasteiger partial charge >= 0.3 is 0 Å². The molecule has 340 valence electrons. The lowest BCUT2D eigenvalue weighted by Gasteiger charge is -2.41. The molecule has 0 N–H and O–H groups in total. The summed E-state index contributed by atoms with van der Waals surface area (Å²) in [5.41, 5.74) is 17.8. The largest absolute Gasteiger partial charge is 0.311 e. The first-order valence-electron chi connectivity index (χ1n) is 25.3. The van der Waals surface area contributed by atoms with Crippen LogP contribution in [0.15, 0.2) is 218 Å². The van der Waals surface area contributed by atoms with Crippen LogP contribution in [0.1, 0.15) is 25.0 Å². The summed E-state index contributed by atoms with van der Waals surface area (Å²) in [6.45, 7) is 14.8. The van der Waals surface area contributed by atoms with Gasteiger partial charge < -0.3 is 9.80 Å². The van der Waals surface area contributed by atoms with Gasteiger partial charge in [-0.1, -0.05) is 198 Å². The van der Waals surface area contributed by atoms with Gasteiger partial charge in [0.05, 0.1) is 0 Å². The number of para-hydroxylation sites is 4. The fraction of sp³-hybridized carbons (Fsp3) is 0.104. The third kappa shape index (κ3) is 5.98. The maximum Gasteiger partial charge on any atom is 0.117 e. The zero-order valence-corrected chi connectivity index (χ0v) is 43.2. The highest BCUT2D eigenvalue weighted by Gasteiger charge is 2.41. The Labute approximate surface area is 419 Å². The van der Waals surface area contributed by atoms with Crippen molar-refractivity contribution in [3.63, 3.8) is 0 Å². The van der Waals surface area contributed by atoms with Crippen LogP contribution in [0.5, 0.6) is 0 Å². The lowest BCUT2D eigenvalue weighted by molar-refractivity contribution is 0.660. The fourth-order valence-corrected chi connectivity index (χ4v) is 19.2. The Bertz CT molecular complexity index is 3970. The molecular weight excluding hydrogens is 889 g/mol. The van der Waals surface area contributed by atoms with Crippen LogP contribution in [-0.4, -0.2) is 16.1 Å². The molecule has 14 rings (SSSR count). The van der Waals surface area contributed by atoms with E-state index >= 15 is 0 Å². The second-order valence-corrected chi connectivity index (χ2v) is 30.3. The van der Waals surface area contributed by atoms with E-state index < -0.39 is 16.1 Å². The second kappa shape index (κ2) is 15.1. The molecule has 0 saturated carbocycles. The molecule has 1 aliphatic carbocycles. The van der Waals surface area contributed by atoms with Crippen LogP contribution in [0.4, 0.5) is 34.1 Å². The van der Waals surface area contributed by atoms with Crippen molar-refractivity contribution in [3.8, 4) is 33.4 Å². The van der Waals surface area contributed by atoms with Gasteiger partial charge in [0, 0.05) is 39.5 Å². The Morgan fingerprint density at radius 3 is 1.25 bits per heavy atom. The highest BCUT2D eigenvalue weighted by molar-refractivity contribution is 7.03. The van der Waals surface area contributed by atoms with E-state index in [0.717, 1.165) is 0 Å². The van der Waals surface area contributed by atoms with Crippen molar-refractivity contribution in [2.75, 3.05) is 9.80 Å². The lowest BCUT2D eigenvalue weighted by atomic mass is 9.80. The summed E-state index contributed by atoms with van der Waals surface area (Å²) in [5, 5.41) is 13.3. The Morgan fingerprint density at radius 1 is 0.324 bits per heavy atom. The van der Waals surface area contributed by atoms with Gasteiger partial charge in [-0.3, -0.25) is 0 Å². The van der Waals surface area contributed by atoms with E-state index in [1.165, 1.54) is 132 Å². The standard InChI is InChI=1S/C67H54N2Si2/c1-67(2)55-22-10-9-21-49(55)50-36-33-46(40-56(50)67)66-52-38-35-47(68-57-23-11-15-27-61(57)70(3,4)62-28-16-12-24-58(62)68)41-53(52)65(45-32-31-43-19-7-8-20-44(43)39-45)51-37-34-48(42-54(51)66)69-59-25-13-17-29-63(59)71(5,6)64-30-18-14-26-60(64)69/h7-42H,1-6H3. The molecule has 0 radical (unpaired) electrons. The summed E-state index contributed by atoms with van der Waals surface area (Å²) < 4.78 is 0. The topological polar surface area (TPSA) is 6.48 Å². The van der Waals surface area contributed by atoms with Gasteiger partial charge in [0.25, 0.3) is 0 Å². The van der Waals surface area contributed by atoms with E-state index in [-0.39, 0.29) is 5.41 Å². The zero-order chi connectivity index (χ0) is 48.0. The molecule has 2 nitrogen and oxygen atoms in total. The lowest BCUT2D eigenvalue weighted by Crippen LogP contribution is -2.58. The van der Waals surface area contributed by atoms with Crippen molar-refractivity contribution in [1.82, 2.24) is 0 Å². The number of rotatable bonds is 4. The molecule has 3 aliphatic rings. The average Bonchev–Trinajstić information content (AvgIpc) is 3.63. The summed E-state index contributed by atoms with van der Waals surface area (Å²) in [5.74, 6) is 0. The number of anilines is 6. The van der Waals surface area contributed by atoms with Gasteiger partial charge in [-0.05, 0) is 158 Å². The van der Waals surface area contributed by atoms with Gasteiger partial charge in [-0.2, -0.15) is 0 Å². The third-order valence-electron chi connectivity index (χ3n) is 16.8. The van der Waals surface area contributed by atoms with Crippen LogP contribution < -0.4 is 30.5 Å². The minimum absolute atomic E-state index is 0.152. The van der Waals surface area contributed by atoms with Gasteiger partial charge in [0.2, 0.25) is 0 Å². The number of hydrogen-bond acceptors (Lipinski definition) is 2. The van der Waals surface area contributed by atoms with Crippen LogP contribution in [0.2, 0.25) is 26.2 Å². The average molecular weight is 943 g/mol. The van der Waals surface area contributed by atoms with Gasteiger partial charge in [-0.15, -0.1) is 0 Å². The summed E-state index contributed by atoms with van der Waals surface area (Å²) >= 11 is 0. The summed E-state index contributed by atoms with van der Waals surface area (Å²) in [6.07, 6.45) is 0. The number of fused-ring (bicyclic) bond motifs is 10. The van der Waals surface area contributed by atoms with E-state index in [1.807, 2.05) is 0 Å². The summed E-state index contributed by atoms with van der Waals surface area (Å²) in [6, 6.07) is 83.6. The first-order valence-corrected chi connectivity index (χ1v) is 31.3. The minimum atomic E-state index is -2.00. The van der Waals surface area contributed by atoms with Crippen LogP contribution >= 0.6 is 0 Å². The normalized spacial score (nSPS) is 15.5. The molecular formula is C67H54N2Si2. The van der Waals surface area contributed by atoms with Gasteiger partial charge in [-0.25, -0.2) is 0 Å². The molecule has 0 unspecified atom stereocenters. The quantitative estimate of drug-likeness (QED) is 0.128. The van der Waals surface area contributed by atoms with Crippen molar-refractivity contribution in [3.05, 3.63) is 230 Å². The molecule has 71 heavy (non-hydrogen) atoms. The summed E-state index contributed by atoms with van der Waals surface area (Å²) in [4.78, 5) is 5.10. The Hall–Kier alpha value is -7.77. The monoisotopic (exact) mass is 942 g/mol. The molecule has 0 saturated heterocycles. The number of hydrogen-bond donors (Lipinski definition) is 0. The molecule has 0 amide bonds. The van der Waals surface area contributed by atoms with Gasteiger partial charge in [0.15, 0.2) is 0 Å². The van der Waals surface area contributed by atoms with E-state index in [0.29, 0.717) is 0 Å².